The SMILES string of the molecule is Clc1c(-c2ccc(-c3ccccc3)cc2)ccc2oc3ccccc3c12. The number of fused-ring (bicyclic) bond motifs is 3. The van der Waals surface area contributed by atoms with Crippen LogP contribution in [0.1, 0.15) is 0 Å². The normalized spacial score (nSPS) is 11.3. The largest absolute Gasteiger partial charge is 0.456 e. The van der Waals surface area contributed by atoms with E-state index in [-0.39, 0.29) is 0 Å². The number of hydrogen-bond donors (Lipinski definition) is 0. The Bertz CT molecular complexity index is 1220. The van der Waals surface area contributed by atoms with Crippen molar-refractivity contribution in [1.82, 2.24) is 0 Å². The van der Waals surface area contributed by atoms with E-state index in [0.29, 0.717) is 0 Å². The zero-order chi connectivity index (χ0) is 17.5. The van der Waals surface area contributed by atoms with Crippen LogP contribution in [0.2, 0.25) is 5.02 Å². The second kappa shape index (κ2) is 6.05. The van der Waals surface area contributed by atoms with Crippen molar-refractivity contribution in [3.05, 3.63) is 96.0 Å². The van der Waals surface area contributed by atoms with Crippen LogP contribution >= 0.6 is 11.6 Å². The van der Waals surface area contributed by atoms with E-state index in [1.165, 1.54) is 11.1 Å². The van der Waals surface area contributed by atoms with Gasteiger partial charge in [0.2, 0.25) is 0 Å². The third kappa shape index (κ3) is 2.40. The third-order valence-corrected chi connectivity index (χ3v) is 5.18. The fourth-order valence-electron chi connectivity index (χ4n) is 3.47. The lowest BCUT2D eigenvalue weighted by Crippen LogP contribution is -1.82. The van der Waals surface area contributed by atoms with E-state index in [4.69, 9.17) is 16.0 Å². The van der Waals surface area contributed by atoms with Crippen LogP contribution in [-0.2, 0) is 0 Å². The van der Waals surface area contributed by atoms with Gasteiger partial charge < -0.3 is 4.42 Å². The molecule has 0 fully saturated rings. The standard InChI is InChI=1S/C24H15ClO/c25-24-19(14-15-22-23(24)20-8-4-5-9-21(20)26-22)18-12-10-17(11-13-18)16-6-2-1-3-7-16/h1-15H. The minimum Gasteiger partial charge on any atom is -0.456 e. The molecule has 0 N–H and O–H groups in total. The minimum absolute atomic E-state index is 0.736. The van der Waals surface area contributed by atoms with Crippen LogP contribution in [0, 0.1) is 0 Å². The molecule has 0 aliphatic rings. The Morgan fingerprint density at radius 3 is 2.00 bits per heavy atom. The van der Waals surface area contributed by atoms with Crippen molar-refractivity contribution in [2.45, 2.75) is 0 Å². The highest BCUT2D eigenvalue weighted by atomic mass is 35.5. The zero-order valence-electron chi connectivity index (χ0n) is 13.9. The molecule has 0 aliphatic carbocycles. The van der Waals surface area contributed by atoms with E-state index in [2.05, 4.69) is 54.6 Å². The lowest BCUT2D eigenvalue weighted by Gasteiger charge is -2.07. The molecule has 0 atom stereocenters. The summed E-state index contributed by atoms with van der Waals surface area (Å²) in [6.07, 6.45) is 0. The van der Waals surface area contributed by atoms with Crippen LogP contribution in [0.25, 0.3) is 44.2 Å². The maximum absolute atomic E-state index is 6.79. The molecule has 0 spiro atoms. The molecule has 0 bridgehead atoms. The van der Waals surface area contributed by atoms with Gasteiger partial charge in [-0.15, -0.1) is 0 Å². The van der Waals surface area contributed by atoms with Crippen LogP contribution in [-0.4, -0.2) is 0 Å². The molecule has 26 heavy (non-hydrogen) atoms. The molecule has 4 aromatic carbocycles. The molecule has 1 aromatic heterocycles. The van der Waals surface area contributed by atoms with Crippen LogP contribution in [0.4, 0.5) is 0 Å². The summed E-state index contributed by atoms with van der Waals surface area (Å²) >= 11 is 6.79. The average Bonchev–Trinajstić information content (AvgIpc) is 3.09. The first-order valence-electron chi connectivity index (χ1n) is 8.57. The average molecular weight is 355 g/mol. The van der Waals surface area contributed by atoms with Gasteiger partial charge in [-0.1, -0.05) is 84.4 Å². The molecule has 1 heterocycles. The van der Waals surface area contributed by atoms with Gasteiger partial charge in [0.15, 0.2) is 0 Å². The Hall–Kier alpha value is -3.03. The van der Waals surface area contributed by atoms with Gasteiger partial charge in [0.25, 0.3) is 0 Å². The highest BCUT2D eigenvalue weighted by Gasteiger charge is 2.14. The molecular formula is C24H15ClO. The van der Waals surface area contributed by atoms with Gasteiger partial charge in [0.05, 0.1) is 5.02 Å². The van der Waals surface area contributed by atoms with Gasteiger partial charge >= 0.3 is 0 Å². The smallest absolute Gasteiger partial charge is 0.136 e. The molecule has 124 valence electrons. The summed E-state index contributed by atoms with van der Waals surface area (Å²) in [4.78, 5) is 0. The molecule has 0 saturated carbocycles. The Balaban J connectivity index is 1.65. The fraction of sp³-hybridized carbons (Fsp3) is 0. The number of halogens is 1. The summed E-state index contributed by atoms with van der Waals surface area (Å²) in [5.41, 5.74) is 6.20. The van der Waals surface area contributed by atoms with E-state index >= 15 is 0 Å². The molecule has 0 unspecified atom stereocenters. The minimum atomic E-state index is 0.736. The van der Waals surface area contributed by atoms with Crippen molar-refractivity contribution in [2.24, 2.45) is 0 Å². The van der Waals surface area contributed by atoms with E-state index < -0.39 is 0 Å². The second-order valence-electron chi connectivity index (χ2n) is 6.34. The highest BCUT2D eigenvalue weighted by molar-refractivity contribution is 6.40. The van der Waals surface area contributed by atoms with Crippen molar-refractivity contribution in [3.8, 4) is 22.3 Å². The quantitative estimate of drug-likeness (QED) is 0.318. The number of benzene rings is 4. The first-order valence-corrected chi connectivity index (χ1v) is 8.95. The van der Waals surface area contributed by atoms with Crippen LogP contribution in [0.5, 0.6) is 0 Å². The molecule has 0 aliphatic heterocycles. The van der Waals surface area contributed by atoms with E-state index in [0.717, 1.165) is 38.1 Å². The number of rotatable bonds is 2. The zero-order valence-corrected chi connectivity index (χ0v) is 14.7. The second-order valence-corrected chi connectivity index (χ2v) is 6.72. The van der Waals surface area contributed by atoms with Gasteiger partial charge in [-0.3, -0.25) is 0 Å². The van der Waals surface area contributed by atoms with Crippen LogP contribution < -0.4 is 0 Å². The van der Waals surface area contributed by atoms with Crippen molar-refractivity contribution in [1.29, 1.82) is 0 Å². The number of hydrogen-bond acceptors (Lipinski definition) is 1. The van der Waals surface area contributed by atoms with Crippen molar-refractivity contribution < 1.29 is 4.42 Å². The topological polar surface area (TPSA) is 13.1 Å². The molecular weight excluding hydrogens is 340 g/mol. The van der Waals surface area contributed by atoms with Gasteiger partial charge in [-0.05, 0) is 34.9 Å². The van der Waals surface area contributed by atoms with Crippen LogP contribution in [0.3, 0.4) is 0 Å². The molecule has 2 heteroatoms. The first-order chi connectivity index (χ1) is 12.8. The first kappa shape index (κ1) is 15.2. The van der Waals surface area contributed by atoms with Crippen molar-refractivity contribution in [3.63, 3.8) is 0 Å². The molecule has 5 rings (SSSR count). The van der Waals surface area contributed by atoms with Gasteiger partial charge in [-0.25, -0.2) is 0 Å². The molecule has 0 radical (unpaired) electrons. The summed E-state index contributed by atoms with van der Waals surface area (Å²) in [5, 5.41) is 2.77. The summed E-state index contributed by atoms with van der Waals surface area (Å²) in [7, 11) is 0. The molecule has 0 amide bonds. The Morgan fingerprint density at radius 2 is 1.19 bits per heavy atom. The summed E-state index contributed by atoms with van der Waals surface area (Å²) in [5.74, 6) is 0. The van der Waals surface area contributed by atoms with E-state index in [1.807, 2.05) is 36.4 Å². The van der Waals surface area contributed by atoms with Crippen molar-refractivity contribution >= 4 is 33.5 Å². The Morgan fingerprint density at radius 1 is 0.538 bits per heavy atom. The predicted molar refractivity (Wildman–Crippen MR) is 110 cm³/mol. The lowest BCUT2D eigenvalue weighted by molar-refractivity contribution is 0.669. The summed E-state index contributed by atoms with van der Waals surface area (Å²) in [6, 6.07) is 30.9. The summed E-state index contributed by atoms with van der Waals surface area (Å²) in [6.45, 7) is 0. The molecule has 0 saturated heterocycles. The monoisotopic (exact) mass is 354 g/mol. The highest BCUT2D eigenvalue weighted by Crippen LogP contribution is 2.40. The Kier molecular flexibility index (Phi) is 3.55. The third-order valence-electron chi connectivity index (χ3n) is 4.78. The molecule has 5 aromatic rings. The lowest BCUT2D eigenvalue weighted by atomic mass is 9.99. The summed E-state index contributed by atoms with van der Waals surface area (Å²) < 4.78 is 5.92. The van der Waals surface area contributed by atoms with E-state index in [9.17, 15) is 0 Å². The maximum Gasteiger partial charge on any atom is 0.136 e. The molecule has 1 nitrogen and oxygen atoms in total. The van der Waals surface area contributed by atoms with Gasteiger partial charge in [0, 0.05) is 16.3 Å². The predicted octanol–water partition coefficient (Wildman–Crippen LogP) is 7.57. The van der Waals surface area contributed by atoms with Crippen LogP contribution in [0.15, 0.2) is 95.4 Å². The van der Waals surface area contributed by atoms with Crippen molar-refractivity contribution in [2.75, 3.05) is 0 Å². The Labute approximate surface area is 156 Å². The van der Waals surface area contributed by atoms with Gasteiger partial charge in [0.1, 0.15) is 11.2 Å². The number of furan rings is 1. The fourth-order valence-corrected chi connectivity index (χ4v) is 3.84. The maximum atomic E-state index is 6.79. The van der Waals surface area contributed by atoms with E-state index in [1.54, 1.807) is 0 Å². The van der Waals surface area contributed by atoms with Gasteiger partial charge in [-0.2, -0.15) is 0 Å². The number of para-hydroxylation sites is 1.